The van der Waals surface area contributed by atoms with Gasteiger partial charge >= 0.3 is 0 Å². The summed E-state index contributed by atoms with van der Waals surface area (Å²) >= 11 is 2.02. The predicted octanol–water partition coefficient (Wildman–Crippen LogP) is 2.38. The Balaban J connectivity index is 1.67. The highest BCUT2D eigenvalue weighted by molar-refractivity contribution is 7.12. The van der Waals surface area contributed by atoms with Crippen LogP contribution in [-0.2, 0) is 19.5 Å². The number of hydrogen-bond donors (Lipinski definition) is 1. The molecule has 3 rings (SSSR count). The van der Waals surface area contributed by atoms with Crippen molar-refractivity contribution in [2.24, 2.45) is 0 Å². The maximum Gasteiger partial charge on any atom is 0.0328 e. The smallest absolute Gasteiger partial charge is 0.0328 e. The molecule has 1 aromatic rings. The van der Waals surface area contributed by atoms with Crippen LogP contribution in [0.1, 0.15) is 34.6 Å². The highest BCUT2D eigenvalue weighted by Gasteiger charge is 2.15. The molecule has 88 valence electrons. The maximum absolute atomic E-state index is 3.45. The quantitative estimate of drug-likeness (QED) is 0.848. The van der Waals surface area contributed by atoms with Crippen LogP contribution in [0.3, 0.4) is 0 Å². The molecule has 0 unspecified atom stereocenters. The zero-order chi connectivity index (χ0) is 10.8. The maximum atomic E-state index is 3.45. The van der Waals surface area contributed by atoms with E-state index >= 15 is 0 Å². The fourth-order valence-corrected chi connectivity index (χ4v) is 3.96. The average Bonchev–Trinajstić information content (AvgIpc) is 2.72. The summed E-state index contributed by atoms with van der Waals surface area (Å²) in [4.78, 5) is 5.78. The summed E-state index contributed by atoms with van der Waals surface area (Å²) in [5.41, 5.74) is 1.61. The van der Waals surface area contributed by atoms with Crippen molar-refractivity contribution in [1.82, 2.24) is 10.2 Å². The van der Waals surface area contributed by atoms with Crippen LogP contribution in [0, 0.1) is 0 Å². The number of piperidine rings is 1. The van der Waals surface area contributed by atoms with Crippen LogP contribution in [0.4, 0.5) is 0 Å². The summed E-state index contributed by atoms with van der Waals surface area (Å²) in [6.45, 7) is 6.06. The number of hydrogen-bond acceptors (Lipinski definition) is 3. The van der Waals surface area contributed by atoms with E-state index in [1.54, 1.807) is 15.3 Å². The topological polar surface area (TPSA) is 15.3 Å². The van der Waals surface area contributed by atoms with Crippen LogP contribution in [0.2, 0.25) is 0 Å². The number of nitrogens with one attached hydrogen (secondary N) is 1. The standard InChI is InChI=1S/C13H20N2S/c1-2-6-15(7-3-1)10-12-8-11-4-5-14-9-13(11)16-12/h8,14H,1-7,9-10H2. The van der Waals surface area contributed by atoms with Gasteiger partial charge < -0.3 is 5.32 Å². The second-order valence-electron chi connectivity index (χ2n) is 4.92. The Morgan fingerprint density at radius 1 is 1.25 bits per heavy atom. The number of rotatable bonds is 2. The highest BCUT2D eigenvalue weighted by atomic mass is 32.1. The molecule has 16 heavy (non-hydrogen) atoms. The molecule has 0 amide bonds. The first-order valence-corrected chi connectivity index (χ1v) is 7.27. The van der Waals surface area contributed by atoms with E-state index in [1.807, 2.05) is 11.3 Å². The minimum absolute atomic E-state index is 1.10. The molecule has 1 saturated heterocycles. The zero-order valence-corrected chi connectivity index (χ0v) is 10.6. The molecular weight excluding hydrogens is 216 g/mol. The second kappa shape index (κ2) is 4.86. The van der Waals surface area contributed by atoms with Crippen molar-refractivity contribution in [3.8, 4) is 0 Å². The van der Waals surface area contributed by atoms with E-state index in [1.165, 1.54) is 45.3 Å². The van der Waals surface area contributed by atoms with Gasteiger partial charge in [0.1, 0.15) is 0 Å². The van der Waals surface area contributed by atoms with Crippen LogP contribution >= 0.6 is 11.3 Å². The third kappa shape index (κ3) is 2.31. The largest absolute Gasteiger partial charge is 0.312 e. The van der Waals surface area contributed by atoms with Gasteiger partial charge in [0.2, 0.25) is 0 Å². The van der Waals surface area contributed by atoms with E-state index < -0.39 is 0 Å². The van der Waals surface area contributed by atoms with Gasteiger partial charge in [-0.2, -0.15) is 0 Å². The molecule has 2 aliphatic heterocycles. The predicted molar refractivity (Wildman–Crippen MR) is 68.9 cm³/mol. The van der Waals surface area contributed by atoms with Gasteiger partial charge in [-0.3, -0.25) is 4.90 Å². The normalized spacial score (nSPS) is 22.0. The van der Waals surface area contributed by atoms with Gasteiger partial charge in [0, 0.05) is 22.8 Å². The first kappa shape index (κ1) is 10.8. The van der Waals surface area contributed by atoms with E-state index in [4.69, 9.17) is 0 Å². The molecule has 3 heterocycles. The van der Waals surface area contributed by atoms with Crippen LogP contribution in [0.5, 0.6) is 0 Å². The van der Waals surface area contributed by atoms with E-state index in [2.05, 4.69) is 16.3 Å². The van der Waals surface area contributed by atoms with E-state index in [0.717, 1.165) is 13.1 Å². The summed E-state index contributed by atoms with van der Waals surface area (Å²) in [6, 6.07) is 2.45. The molecule has 0 aliphatic carbocycles. The summed E-state index contributed by atoms with van der Waals surface area (Å²) in [5.74, 6) is 0. The van der Waals surface area contributed by atoms with Crippen LogP contribution < -0.4 is 5.32 Å². The summed E-state index contributed by atoms with van der Waals surface area (Å²) in [5, 5.41) is 3.45. The van der Waals surface area contributed by atoms with Gasteiger partial charge in [0.15, 0.2) is 0 Å². The van der Waals surface area contributed by atoms with Gasteiger partial charge in [-0.25, -0.2) is 0 Å². The third-order valence-corrected chi connectivity index (χ3v) is 4.79. The van der Waals surface area contributed by atoms with Crippen molar-refractivity contribution in [1.29, 1.82) is 0 Å². The molecule has 3 heteroatoms. The lowest BCUT2D eigenvalue weighted by atomic mass is 10.1. The lowest BCUT2D eigenvalue weighted by molar-refractivity contribution is 0.222. The Hall–Kier alpha value is -0.380. The summed E-state index contributed by atoms with van der Waals surface area (Å²) in [6.07, 6.45) is 5.45. The van der Waals surface area contributed by atoms with Crippen molar-refractivity contribution in [3.05, 3.63) is 21.4 Å². The molecule has 0 radical (unpaired) electrons. The second-order valence-corrected chi connectivity index (χ2v) is 6.15. The van der Waals surface area contributed by atoms with E-state index in [9.17, 15) is 0 Å². The fourth-order valence-electron chi connectivity index (χ4n) is 2.73. The van der Waals surface area contributed by atoms with Crippen molar-refractivity contribution < 1.29 is 0 Å². The van der Waals surface area contributed by atoms with Gasteiger partial charge in [0.05, 0.1) is 0 Å². The van der Waals surface area contributed by atoms with Crippen molar-refractivity contribution >= 4 is 11.3 Å². The van der Waals surface area contributed by atoms with Crippen molar-refractivity contribution in [2.45, 2.75) is 38.8 Å². The molecule has 2 aliphatic rings. The van der Waals surface area contributed by atoms with Crippen LogP contribution in [-0.4, -0.2) is 24.5 Å². The molecule has 2 nitrogen and oxygen atoms in total. The number of fused-ring (bicyclic) bond motifs is 1. The Labute approximate surface area is 102 Å². The monoisotopic (exact) mass is 236 g/mol. The molecule has 1 fully saturated rings. The minimum Gasteiger partial charge on any atom is -0.312 e. The lowest BCUT2D eigenvalue weighted by Crippen LogP contribution is -2.28. The highest BCUT2D eigenvalue weighted by Crippen LogP contribution is 2.26. The van der Waals surface area contributed by atoms with Crippen molar-refractivity contribution in [2.75, 3.05) is 19.6 Å². The molecule has 1 N–H and O–H groups in total. The molecule has 0 atom stereocenters. The molecule has 0 saturated carbocycles. The molecule has 0 spiro atoms. The van der Waals surface area contributed by atoms with Gasteiger partial charge in [-0.1, -0.05) is 6.42 Å². The zero-order valence-electron chi connectivity index (χ0n) is 9.80. The molecule has 1 aromatic heterocycles. The summed E-state index contributed by atoms with van der Waals surface area (Å²) in [7, 11) is 0. The van der Waals surface area contributed by atoms with Crippen LogP contribution in [0.25, 0.3) is 0 Å². The van der Waals surface area contributed by atoms with Crippen LogP contribution in [0.15, 0.2) is 6.07 Å². The SMILES string of the molecule is c1c(CN2CCCCC2)sc2c1CCNC2. The third-order valence-electron chi connectivity index (χ3n) is 3.63. The molecule has 0 bridgehead atoms. The Kier molecular flexibility index (Phi) is 3.27. The van der Waals surface area contributed by atoms with Gasteiger partial charge in [-0.15, -0.1) is 11.3 Å². The first-order valence-electron chi connectivity index (χ1n) is 6.45. The van der Waals surface area contributed by atoms with Gasteiger partial charge in [-0.05, 0) is 50.5 Å². The van der Waals surface area contributed by atoms with E-state index in [-0.39, 0.29) is 0 Å². The molecule has 0 aromatic carbocycles. The Bertz CT molecular complexity index is 329. The summed E-state index contributed by atoms with van der Waals surface area (Å²) < 4.78 is 0. The Morgan fingerprint density at radius 2 is 2.12 bits per heavy atom. The van der Waals surface area contributed by atoms with Gasteiger partial charge in [0.25, 0.3) is 0 Å². The Morgan fingerprint density at radius 3 is 2.94 bits per heavy atom. The first-order chi connectivity index (χ1) is 7.92. The number of likely N-dealkylation sites (tertiary alicyclic amines) is 1. The minimum atomic E-state index is 1.10. The lowest BCUT2D eigenvalue weighted by Gasteiger charge is -2.25. The fraction of sp³-hybridized carbons (Fsp3) is 0.692. The number of nitrogens with zero attached hydrogens (tertiary/aromatic N) is 1. The number of thiophene rings is 1. The average molecular weight is 236 g/mol. The van der Waals surface area contributed by atoms with E-state index in [0.29, 0.717) is 0 Å². The molecular formula is C13H20N2S. The van der Waals surface area contributed by atoms with Crippen molar-refractivity contribution in [3.63, 3.8) is 0 Å².